The molecule has 2 atom stereocenters. The van der Waals surface area contributed by atoms with Crippen molar-refractivity contribution < 1.29 is 4.74 Å². The molecule has 0 bridgehead atoms. The van der Waals surface area contributed by atoms with Crippen molar-refractivity contribution in [1.29, 1.82) is 5.26 Å². The van der Waals surface area contributed by atoms with Crippen molar-refractivity contribution in [2.45, 2.75) is 50.1 Å². The van der Waals surface area contributed by atoms with Crippen LogP contribution in [0.5, 0.6) is 0 Å². The van der Waals surface area contributed by atoms with Crippen LogP contribution in [0.25, 0.3) is 0 Å². The minimum Gasteiger partial charge on any atom is -0.381 e. The van der Waals surface area contributed by atoms with Gasteiger partial charge in [-0.25, -0.2) is 0 Å². The first-order valence-electron chi connectivity index (χ1n) is 7.14. The minimum atomic E-state index is -0.559. The first-order valence-corrected chi connectivity index (χ1v) is 7.14. The van der Waals surface area contributed by atoms with Crippen LogP contribution in [0.15, 0.2) is 0 Å². The molecule has 102 valence electrons. The molecular formula is C14H25N3O. The van der Waals surface area contributed by atoms with Gasteiger partial charge in [-0.2, -0.15) is 5.26 Å². The van der Waals surface area contributed by atoms with Gasteiger partial charge in [-0.1, -0.05) is 6.42 Å². The predicted molar refractivity (Wildman–Crippen MR) is 71.0 cm³/mol. The summed E-state index contributed by atoms with van der Waals surface area (Å²) in [6, 6.07) is 2.98. The van der Waals surface area contributed by atoms with Gasteiger partial charge in [0.1, 0.15) is 5.54 Å². The van der Waals surface area contributed by atoms with Crippen molar-refractivity contribution >= 4 is 0 Å². The Balaban J connectivity index is 1.78. The van der Waals surface area contributed by atoms with E-state index in [0.29, 0.717) is 12.0 Å². The van der Waals surface area contributed by atoms with Gasteiger partial charge in [0.2, 0.25) is 0 Å². The van der Waals surface area contributed by atoms with Gasteiger partial charge in [-0.3, -0.25) is 0 Å². The van der Waals surface area contributed by atoms with Gasteiger partial charge >= 0.3 is 0 Å². The lowest BCUT2D eigenvalue weighted by atomic mass is 9.87. The van der Waals surface area contributed by atoms with E-state index in [1.54, 1.807) is 0 Å². The number of rotatable bonds is 4. The zero-order valence-corrected chi connectivity index (χ0v) is 11.4. The molecule has 2 fully saturated rings. The van der Waals surface area contributed by atoms with Gasteiger partial charge < -0.3 is 15.4 Å². The molecule has 1 aliphatic heterocycles. The fourth-order valence-corrected chi connectivity index (χ4v) is 3.32. The normalized spacial score (nSPS) is 33.8. The average Bonchev–Trinajstić information content (AvgIpc) is 2.79. The van der Waals surface area contributed by atoms with Crippen LogP contribution in [0.4, 0.5) is 0 Å². The second-order valence-corrected chi connectivity index (χ2v) is 5.85. The molecule has 2 N–H and O–H groups in total. The van der Waals surface area contributed by atoms with E-state index in [1.807, 2.05) is 0 Å². The van der Waals surface area contributed by atoms with Crippen molar-refractivity contribution in [2.24, 2.45) is 11.7 Å². The molecule has 0 aromatic carbocycles. The SMILES string of the molecule is CN(CCC1CCCC1(N)C#N)C1CCOCC1. The largest absolute Gasteiger partial charge is 0.381 e. The summed E-state index contributed by atoms with van der Waals surface area (Å²) in [5.74, 6) is 0.379. The molecule has 0 aromatic rings. The maximum absolute atomic E-state index is 9.20. The van der Waals surface area contributed by atoms with E-state index in [0.717, 1.165) is 58.3 Å². The monoisotopic (exact) mass is 251 g/mol. The lowest BCUT2D eigenvalue weighted by molar-refractivity contribution is 0.0409. The van der Waals surface area contributed by atoms with Crippen LogP contribution in [-0.2, 0) is 4.74 Å². The highest BCUT2D eigenvalue weighted by atomic mass is 16.5. The summed E-state index contributed by atoms with van der Waals surface area (Å²) in [6.07, 6.45) is 6.41. The number of nitrogens with two attached hydrogens (primary N) is 1. The second-order valence-electron chi connectivity index (χ2n) is 5.85. The molecule has 0 amide bonds. The van der Waals surface area contributed by atoms with Gasteiger partial charge in [0.05, 0.1) is 6.07 Å². The average molecular weight is 251 g/mol. The molecule has 18 heavy (non-hydrogen) atoms. The summed E-state index contributed by atoms with van der Waals surface area (Å²) in [5, 5.41) is 9.20. The quantitative estimate of drug-likeness (QED) is 0.822. The maximum atomic E-state index is 9.20. The van der Waals surface area contributed by atoms with E-state index in [1.165, 1.54) is 0 Å². The number of hydrogen-bond acceptors (Lipinski definition) is 4. The lowest BCUT2D eigenvalue weighted by Crippen LogP contribution is -2.44. The zero-order valence-electron chi connectivity index (χ0n) is 11.4. The summed E-state index contributed by atoms with van der Waals surface area (Å²) in [7, 11) is 2.19. The van der Waals surface area contributed by atoms with Crippen LogP contribution < -0.4 is 5.73 Å². The van der Waals surface area contributed by atoms with E-state index in [9.17, 15) is 5.26 Å². The van der Waals surface area contributed by atoms with Gasteiger partial charge in [0, 0.05) is 19.3 Å². The van der Waals surface area contributed by atoms with Gasteiger partial charge in [-0.05, 0) is 51.6 Å². The highest BCUT2D eigenvalue weighted by molar-refractivity contribution is 5.11. The Morgan fingerprint density at radius 3 is 2.78 bits per heavy atom. The first-order chi connectivity index (χ1) is 8.65. The molecule has 1 heterocycles. The summed E-state index contributed by atoms with van der Waals surface area (Å²) >= 11 is 0. The predicted octanol–water partition coefficient (Wildman–Crippen LogP) is 1.51. The van der Waals surface area contributed by atoms with Crippen LogP contribution in [0.2, 0.25) is 0 Å². The number of nitriles is 1. The van der Waals surface area contributed by atoms with Crippen LogP contribution in [0, 0.1) is 17.2 Å². The molecule has 1 aliphatic carbocycles. The van der Waals surface area contributed by atoms with E-state index < -0.39 is 5.54 Å². The van der Waals surface area contributed by atoms with Gasteiger partial charge in [0.25, 0.3) is 0 Å². The second kappa shape index (κ2) is 6.01. The Labute approximate surface area is 110 Å². The number of ether oxygens (including phenoxy) is 1. The highest BCUT2D eigenvalue weighted by Gasteiger charge is 2.39. The van der Waals surface area contributed by atoms with Crippen molar-refractivity contribution in [3.05, 3.63) is 0 Å². The molecular weight excluding hydrogens is 226 g/mol. The zero-order chi connectivity index (χ0) is 13.0. The molecule has 0 radical (unpaired) electrons. The first kappa shape index (κ1) is 13.8. The number of nitrogens with zero attached hydrogens (tertiary/aromatic N) is 2. The molecule has 4 nitrogen and oxygen atoms in total. The minimum absolute atomic E-state index is 0.379. The standard InChI is InChI=1S/C14H25N3O/c1-17(13-5-9-18-10-6-13)8-4-12-3-2-7-14(12,16)11-15/h12-13H,2-10,16H2,1H3. The van der Waals surface area contributed by atoms with Gasteiger partial charge in [-0.15, -0.1) is 0 Å². The van der Waals surface area contributed by atoms with Crippen molar-refractivity contribution in [3.8, 4) is 6.07 Å². The highest BCUT2D eigenvalue weighted by Crippen LogP contribution is 2.35. The third-order valence-electron chi connectivity index (χ3n) is 4.72. The van der Waals surface area contributed by atoms with Gasteiger partial charge in [0.15, 0.2) is 0 Å². The lowest BCUT2D eigenvalue weighted by Gasteiger charge is -2.33. The van der Waals surface area contributed by atoms with Crippen molar-refractivity contribution in [2.75, 3.05) is 26.8 Å². The fourth-order valence-electron chi connectivity index (χ4n) is 3.32. The molecule has 0 spiro atoms. The van der Waals surface area contributed by atoms with Crippen molar-refractivity contribution in [1.82, 2.24) is 4.90 Å². The molecule has 2 rings (SSSR count). The third kappa shape index (κ3) is 3.03. The Bertz CT molecular complexity index is 309. The Morgan fingerprint density at radius 1 is 1.39 bits per heavy atom. The fraction of sp³-hybridized carbons (Fsp3) is 0.929. The molecule has 1 saturated heterocycles. The molecule has 2 aliphatic rings. The molecule has 1 saturated carbocycles. The maximum Gasteiger partial charge on any atom is 0.107 e. The van der Waals surface area contributed by atoms with Crippen LogP contribution in [0.1, 0.15) is 38.5 Å². The summed E-state index contributed by atoms with van der Waals surface area (Å²) in [6.45, 7) is 2.82. The Morgan fingerprint density at radius 2 is 2.11 bits per heavy atom. The smallest absolute Gasteiger partial charge is 0.107 e. The third-order valence-corrected chi connectivity index (χ3v) is 4.72. The molecule has 2 unspecified atom stereocenters. The van der Waals surface area contributed by atoms with Crippen LogP contribution in [-0.4, -0.2) is 43.3 Å². The van der Waals surface area contributed by atoms with Crippen LogP contribution in [0.3, 0.4) is 0 Å². The summed E-state index contributed by atoms with van der Waals surface area (Å²) in [5.41, 5.74) is 5.61. The summed E-state index contributed by atoms with van der Waals surface area (Å²) in [4.78, 5) is 2.43. The van der Waals surface area contributed by atoms with E-state index in [-0.39, 0.29) is 0 Å². The van der Waals surface area contributed by atoms with Crippen molar-refractivity contribution in [3.63, 3.8) is 0 Å². The van der Waals surface area contributed by atoms with E-state index in [2.05, 4.69) is 18.0 Å². The topological polar surface area (TPSA) is 62.3 Å². The Kier molecular flexibility index (Phi) is 4.60. The molecule has 4 heteroatoms. The van der Waals surface area contributed by atoms with Crippen LogP contribution >= 0.6 is 0 Å². The number of hydrogen-bond donors (Lipinski definition) is 1. The molecule has 0 aromatic heterocycles. The van der Waals surface area contributed by atoms with E-state index in [4.69, 9.17) is 10.5 Å². The van der Waals surface area contributed by atoms with E-state index >= 15 is 0 Å². The Hall–Kier alpha value is -0.630. The summed E-state index contributed by atoms with van der Waals surface area (Å²) < 4.78 is 5.39.